The zero-order valence-corrected chi connectivity index (χ0v) is 17.5. The molecule has 0 fully saturated rings. The Morgan fingerprint density at radius 1 is 0.903 bits per heavy atom. The summed E-state index contributed by atoms with van der Waals surface area (Å²) in [5, 5.41) is 3.06. The molecule has 1 aromatic heterocycles. The minimum absolute atomic E-state index is 0.101. The SMILES string of the molecule is CNC(=O)Cc1ccc(-n2c(=O)c3ccccc3n(Cc3ccccc3C)c2=O)cc1. The molecule has 1 heterocycles. The van der Waals surface area contributed by atoms with Gasteiger partial charge >= 0.3 is 5.69 Å². The summed E-state index contributed by atoms with van der Waals surface area (Å²) >= 11 is 0. The van der Waals surface area contributed by atoms with E-state index in [1.54, 1.807) is 54.1 Å². The molecule has 0 aliphatic carbocycles. The van der Waals surface area contributed by atoms with E-state index in [1.165, 1.54) is 4.57 Å². The molecule has 0 spiro atoms. The summed E-state index contributed by atoms with van der Waals surface area (Å²) in [6.45, 7) is 2.37. The van der Waals surface area contributed by atoms with Crippen molar-refractivity contribution in [3.63, 3.8) is 0 Å². The molecule has 4 aromatic rings. The summed E-state index contributed by atoms with van der Waals surface area (Å²) in [5.74, 6) is -0.101. The number of benzene rings is 3. The molecule has 0 aliphatic rings. The molecule has 0 aliphatic heterocycles. The van der Waals surface area contributed by atoms with E-state index in [4.69, 9.17) is 0 Å². The van der Waals surface area contributed by atoms with Crippen LogP contribution in [0.3, 0.4) is 0 Å². The number of rotatable bonds is 5. The minimum Gasteiger partial charge on any atom is -0.359 e. The van der Waals surface area contributed by atoms with Crippen molar-refractivity contribution in [3.8, 4) is 5.69 Å². The lowest BCUT2D eigenvalue weighted by atomic mass is 10.1. The maximum atomic E-state index is 13.5. The van der Waals surface area contributed by atoms with E-state index < -0.39 is 5.69 Å². The molecule has 0 atom stereocenters. The third kappa shape index (κ3) is 3.92. The van der Waals surface area contributed by atoms with Crippen LogP contribution in [0.1, 0.15) is 16.7 Å². The third-order valence-corrected chi connectivity index (χ3v) is 5.48. The summed E-state index contributed by atoms with van der Waals surface area (Å²) in [4.78, 5) is 38.3. The van der Waals surface area contributed by atoms with E-state index in [9.17, 15) is 14.4 Å². The van der Waals surface area contributed by atoms with Crippen molar-refractivity contribution in [1.29, 1.82) is 0 Å². The van der Waals surface area contributed by atoms with Crippen molar-refractivity contribution < 1.29 is 4.79 Å². The Hall–Kier alpha value is -3.93. The highest BCUT2D eigenvalue weighted by Gasteiger charge is 2.15. The summed E-state index contributed by atoms with van der Waals surface area (Å²) in [6, 6.07) is 22.0. The molecule has 4 rings (SSSR count). The molecule has 0 bridgehead atoms. The van der Waals surface area contributed by atoms with Crippen LogP contribution in [-0.4, -0.2) is 22.1 Å². The molecular formula is C25H23N3O3. The molecule has 156 valence electrons. The van der Waals surface area contributed by atoms with Gasteiger partial charge in [-0.1, -0.05) is 48.5 Å². The van der Waals surface area contributed by atoms with Crippen molar-refractivity contribution >= 4 is 16.8 Å². The number of nitrogens with zero attached hydrogens (tertiary/aromatic N) is 2. The second-order valence-electron chi connectivity index (χ2n) is 7.47. The summed E-state index contributed by atoms with van der Waals surface area (Å²) in [5.41, 5.74) is 3.22. The van der Waals surface area contributed by atoms with Crippen LogP contribution in [0.4, 0.5) is 0 Å². The number of amides is 1. The number of hydrogen-bond acceptors (Lipinski definition) is 3. The highest BCUT2D eigenvalue weighted by atomic mass is 16.2. The Labute approximate surface area is 179 Å². The van der Waals surface area contributed by atoms with Crippen LogP contribution in [0.5, 0.6) is 0 Å². The first-order chi connectivity index (χ1) is 15.0. The van der Waals surface area contributed by atoms with Crippen LogP contribution in [0, 0.1) is 6.92 Å². The fraction of sp³-hybridized carbons (Fsp3) is 0.160. The maximum absolute atomic E-state index is 13.5. The number of para-hydroxylation sites is 1. The molecule has 0 radical (unpaired) electrons. The zero-order chi connectivity index (χ0) is 22.0. The standard InChI is InChI=1S/C25H23N3O3/c1-17-7-3-4-8-19(17)16-27-22-10-6-5-9-21(22)24(30)28(25(27)31)20-13-11-18(12-14-20)15-23(29)26-2/h3-14H,15-16H2,1-2H3,(H,26,29). The zero-order valence-electron chi connectivity index (χ0n) is 17.5. The average Bonchev–Trinajstić information content (AvgIpc) is 2.79. The van der Waals surface area contributed by atoms with Gasteiger partial charge in [-0.05, 0) is 47.9 Å². The van der Waals surface area contributed by atoms with E-state index in [0.717, 1.165) is 16.7 Å². The largest absolute Gasteiger partial charge is 0.359 e. The first kappa shape index (κ1) is 20.3. The van der Waals surface area contributed by atoms with Crippen LogP contribution >= 0.6 is 0 Å². The van der Waals surface area contributed by atoms with Gasteiger partial charge in [-0.3, -0.25) is 14.2 Å². The van der Waals surface area contributed by atoms with Gasteiger partial charge in [0.1, 0.15) is 0 Å². The Bertz CT molecular complexity index is 1380. The summed E-state index contributed by atoms with van der Waals surface area (Å²) < 4.78 is 2.84. The monoisotopic (exact) mass is 413 g/mol. The molecule has 31 heavy (non-hydrogen) atoms. The lowest BCUT2D eigenvalue weighted by molar-refractivity contribution is -0.119. The highest BCUT2D eigenvalue weighted by Crippen LogP contribution is 2.15. The van der Waals surface area contributed by atoms with Crippen LogP contribution in [-0.2, 0) is 17.8 Å². The van der Waals surface area contributed by atoms with Gasteiger partial charge in [0.25, 0.3) is 5.56 Å². The molecule has 0 unspecified atom stereocenters. The first-order valence-corrected chi connectivity index (χ1v) is 10.1. The van der Waals surface area contributed by atoms with Crippen LogP contribution in [0.2, 0.25) is 0 Å². The normalized spacial score (nSPS) is 10.9. The van der Waals surface area contributed by atoms with Gasteiger partial charge in [0, 0.05) is 7.05 Å². The van der Waals surface area contributed by atoms with E-state index in [-0.39, 0.29) is 17.9 Å². The smallest absolute Gasteiger partial charge is 0.336 e. The molecule has 6 heteroatoms. The van der Waals surface area contributed by atoms with Crippen molar-refractivity contribution in [3.05, 3.63) is 110 Å². The first-order valence-electron chi connectivity index (χ1n) is 10.1. The molecule has 0 saturated heterocycles. The summed E-state index contributed by atoms with van der Waals surface area (Å²) in [7, 11) is 1.59. The Morgan fingerprint density at radius 2 is 1.58 bits per heavy atom. The summed E-state index contributed by atoms with van der Waals surface area (Å²) in [6.07, 6.45) is 0.237. The van der Waals surface area contributed by atoms with E-state index in [1.807, 2.05) is 37.3 Å². The topological polar surface area (TPSA) is 73.1 Å². The molecular weight excluding hydrogens is 390 g/mol. The van der Waals surface area contributed by atoms with Gasteiger partial charge in [-0.15, -0.1) is 0 Å². The van der Waals surface area contributed by atoms with E-state index in [2.05, 4.69) is 5.32 Å². The van der Waals surface area contributed by atoms with Crippen molar-refractivity contribution in [2.45, 2.75) is 19.9 Å². The Morgan fingerprint density at radius 3 is 2.29 bits per heavy atom. The van der Waals surface area contributed by atoms with Crippen molar-refractivity contribution in [2.24, 2.45) is 0 Å². The number of carbonyl (C=O) groups is 1. The number of fused-ring (bicyclic) bond motifs is 1. The Kier molecular flexibility index (Phi) is 5.54. The van der Waals surface area contributed by atoms with Crippen LogP contribution in [0.15, 0.2) is 82.4 Å². The number of aromatic nitrogens is 2. The third-order valence-electron chi connectivity index (χ3n) is 5.48. The lowest BCUT2D eigenvalue weighted by Crippen LogP contribution is -2.39. The molecule has 6 nitrogen and oxygen atoms in total. The maximum Gasteiger partial charge on any atom is 0.336 e. The Balaban J connectivity index is 1.89. The van der Waals surface area contributed by atoms with Gasteiger partial charge in [0.2, 0.25) is 5.91 Å². The predicted molar refractivity (Wildman–Crippen MR) is 122 cm³/mol. The number of nitrogens with one attached hydrogen (secondary N) is 1. The fourth-order valence-electron chi connectivity index (χ4n) is 3.70. The van der Waals surface area contributed by atoms with Gasteiger partial charge in [0.05, 0.1) is 29.6 Å². The molecule has 3 aromatic carbocycles. The second-order valence-corrected chi connectivity index (χ2v) is 7.47. The van der Waals surface area contributed by atoms with Gasteiger partial charge < -0.3 is 5.32 Å². The van der Waals surface area contributed by atoms with Crippen LogP contribution < -0.4 is 16.6 Å². The average molecular weight is 413 g/mol. The van der Waals surface area contributed by atoms with Crippen molar-refractivity contribution in [2.75, 3.05) is 7.05 Å². The predicted octanol–water partition coefficient (Wildman–Crippen LogP) is 2.80. The minimum atomic E-state index is -0.397. The highest BCUT2D eigenvalue weighted by molar-refractivity contribution is 5.79. The van der Waals surface area contributed by atoms with E-state index >= 15 is 0 Å². The number of aryl methyl sites for hydroxylation is 1. The number of hydrogen-bond donors (Lipinski definition) is 1. The molecule has 0 saturated carbocycles. The second kappa shape index (κ2) is 8.44. The van der Waals surface area contributed by atoms with Gasteiger partial charge in [-0.2, -0.15) is 0 Å². The van der Waals surface area contributed by atoms with Crippen molar-refractivity contribution in [1.82, 2.24) is 14.5 Å². The quantitative estimate of drug-likeness (QED) is 0.547. The number of likely N-dealkylation sites (N-methyl/N-ethyl adjacent to an activating group) is 1. The lowest BCUT2D eigenvalue weighted by Gasteiger charge is -2.15. The fourth-order valence-corrected chi connectivity index (χ4v) is 3.70. The van der Waals surface area contributed by atoms with Gasteiger partial charge in [0.15, 0.2) is 0 Å². The molecule has 1 amide bonds. The van der Waals surface area contributed by atoms with Crippen LogP contribution in [0.25, 0.3) is 16.6 Å². The number of carbonyl (C=O) groups excluding carboxylic acids is 1. The van der Waals surface area contributed by atoms with E-state index in [0.29, 0.717) is 23.1 Å². The molecule has 1 N–H and O–H groups in total. The van der Waals surface area contributed by atoms with Gasteiger partial charge in [-0.25, -0.2) is 9.36 Å².